The van der Waals surface area contributed by atoms with Gasteiger partial charge < -0.3 is 8.97 Å². The first kappa shape index (κ1) is 13.0. The lowest BCUT2D eigenvalue weighted by Gasteiger charge is -1.92. The molecule has 86 valence electrons. The highest BCUT2D eigenvalue weighted by Gasteiger charge is 2.28. The molecule has 0 fully saturated rings. The molecular weight excluding hydrogens is 288 g/mol. The monoisotopic (exact) mass is 292 g/mol. The molecule has 3 N–H and O–H groups in total. The molecule has 7 nitrogen and oxygen atoms in total. The number of furan rings is 1. The molecule has 1 heterocycles. The Bertz CT molecular complexity index is 462. The third-order valence-corrected chi connectivity index (χ3v) is 4.08. The fourth-order valence-electron chi connectivity index (χ4n) is 0.756. The molecule has 0 bridgehead atoms. The van der Waals surface area contributed by atoms with Crippen LogP contribution in [0.2, 0.25) is 0 Å². The normalized spacial score (nSPS) is 17.3. The van der Waals surface area contributed by atoms with Crippen LogP contribution in [0, 0.1) is 0 Å². The molecule has 3 atom stereocenters. The van der Waals surface area contributed by atoms with Crippen molar-refractivity contribution in [2.45, 2.75) is 20.0 Å². The maximum atomic E-state index is 10.8. The van der Waals surface area contributed by atoms with Gasteiger partial charge in [-0.2, -0.15) is 0 Å². The van der Waals surface area contributed by atoms with E-state index < -0.39 is 53.2 Å². The fourth-order valence-corrected chi connectivity index (χ4v) is 3.27. The summed E-state index contributed by atoms with van der Waals surface area (Å²) in [5, 5.41) is -1.41. The number of hydrogen-bond acceptors (Lipinski definition) is 5. The molecule has 0 radical (unpaired) electrons. The second kappa shape index (κ2) is 4.86. The molecule has 0 aliphatic heterocycles. The van der Waals surface area contributed by atoms with Gasteiger partial charge in [-0.3, -0.25) is 9.11 Å². The molecule has 3 unspecified atom stereocenters. The van der Waals surface area contributed by atoms with Gasteiger partial charge in [0.25, 0.3) is 0 Å². The highest BCUT2D eigenvalue weighted by Crippen LogP contribution is 2.32. The van der Waals surface area contributed by atoms with Crippen molar-refractivity contribution in [2.24, 2.45) is 0 Å². The van der Waals surface area contributed by atoms with Gasteiger partial charge in [0.1, 0.15) is 4.90 Å². The van der Waals surface area contributed by atoms with E-state index in [1.54, 1.807) is 0 Å². The van der Waals surface area contributed by atoms with Crippen molar-refractivity contribution in [3.8, 4) is 0 Å². The van der Waals surface area contributed by atoms with Crippen molar-refractivity contribution in [1.82, 2.24) is 0 Å². The summed E-state index contributed by atoms with van der Waals surface area (Å²) in [4.78, 5) is -0.981. The van der Waals surface area contributed by atoms with Gasteiger partial charge in [0, 0.05) is 0 Å². The lowest BCUT2D eigenvalue weighted by molar-refractivity contribution is 0.351. The van der Waals surface area contributed by atoms with Crippen molar-refractivity contribution in [3.63, 3.8) is 0 Å². The summed E-state index contributed by atoms with van der Waals surface area (Å²) < 4.78 is 62.7. The van der Waals surface area contributed by atoms with Gasteiger partial charge in [-0.15, -0.1) is 12.6 Å². The van der Waals surface area contributed by atoms with Crippen molar-refractivity contribution < 1.29 is 30.7 Å². The zero-order valence-corrected chi connectivity index (χ0v) is 9.99. The summed E-state index contributed by atoms with van der Waals surface area (Å²) in [6, 6.07) is 0. The largest absolute Gasteiger partial charge is 0.431 e. The molecule has 0 amide bonds. The first-order valence-electron chi connectivity index (χ1n) is 3.04. The average Bonchev–Trinajstić information content (AvgIpc) is 2.42. The average molecular weight is 292 g/mol. The zero-order valence-electron chi connectivity index (χ0n) is 6.65. The van der Waals surface area contributed by atoms with E-state index in [0.29, 0.717) is 0 Å². The van der Waals surface area contributed by atoms with Crippen LogP contribution in [0.5, 0.6) is 0 Å². The quantitative estimate of drug-likeness (QED) is 0.466. The Balaban J connectivity index is 3.53. The van der Waals surface area contributed by atoms with E-state index in [1.807, 2.05) is 0 Å². The highest BCUT2D eigenvalue weighted by atomic mass is 32.2. The predicted octanol–water partition coefficient (Wildman–Crippen LogP) is 0.310. The number of hydrogen-bond donors (Lipinski definition) is 4. The van der Waals surface area contributed by atoms with Crippen LogP contribution in [0.15, 0.2) is 24.4 Å². The lowest BCUT2D eigenvalue weighted by Crippen LogP contribution is -1.95. The maximum Gasteiger partial charge on any atom is 0.239 e. The van der Waals surface area contributed by atoms with E-state index in [0.717, 1.165) is 0 Å². The topological polar surface area (TPSA) is 125 Å². The molecule has 1 aromatic heterocycles. The van der Waals surface area contributed by atoms with Gasteiger partial charge in [0.15, 0.2) is 11.1 Å². The van der Waals surface area contributed by atoms with E-state index in [4.69, 9.17) is 13.7 Å². The molecule has 0 aliphatic rings. The van der Waals surface area contributed by atoms with Gasteiger partial charge in [0.05, 0.1) is 4.90 Å². The van der Waals surface area contributed by atoms with Gasteiger partial charge in [0.2, 0.25) is 32.3 Å². The van der Waals surface area contributed by atoms with E-state index >= 15 is 0 Å². The third-order valence-electron chi connectivity index (χ3n) is 1.27. The Labute approximate surface area is 96.5 Å². The maximum absolute atomic E-state index is 10.8. The van der Waals surface area contributed by atoms with Gasteiger partial charge >= 0.3 is 0 Å². The molecule has 0 spiro atoms. The van der Waals surface area contributed by atoms with Crippen LogP contribution < -0.4 is 0 Å². The van der Waals surface area contributed by atoms with Crippen LogP contribution in [0.25, 0.3) is 0 Å². The SMILES string of the molecule is O=S(O)c1oc(S(=O)O)c(S(=O)O)c1S. The summed E-state index contributed by atoms with van der Waals surface area (Å²) in [6.07, 6.45) is 0. The first-order valence-corrected chi connectivity index (χ1v) is 6.81. The summed E-state index contributed by atoms with van der Waals surface area (Å²) in [5.41, 5.74) is 0. The molecule has 15 heavy (non-hydrogen) atoms. The van der Waals surface area contributed by atoms with Crippen molar-refractivity contribution in [3.05, 3.63) is 0 Å². The minimum atomic E-state index is -2.68. The molecule has 11 heteroatoms. The van der Waals surface area contributed by atoms with Crippen LogP contribution in [0.4, 0.5) is 0 Å². The van der Waals surface area contributed by atoms with E-state index in [2.05, 4.69) is 17.0 Å². The Morgan fingerprint density at radius 2 is 1.40 bits per heavy atom. The van der Waals surface area contributed by atoms with E-state index in [9.17, 15) is 12.6 Å². The van der Waals surface area contributed by atoms with Gasteiger partial charge in [-0.25, -0.2) is 12.6 Å². The summed E-state index contributed by atoms with van der Waals surface area (Å²) in [5.74, 6) is 0. The van der Waals surface area contributed by atoms with E-state index in [1.165, 1.54) is 0 Å². The summed E-state index contributed by atoms with van der Waals surface area (Å²) in [7, 11) is 0. The van der Waals surface area contributed by atoms with Crippen molar-refractivity contribution in [2.75, 3.05) is 0 Å². The van der Waals surface area contributed by atoms with Crippen LogP contribution in [0.1, 0.15) is 0 Å². The molecule has 0 aromatic carbocycles. The van der Waals surface area contributed by atoms with Crippen LogP contribution >= 0.6 is 12.6 Å². The van der Waals surface area contributed by atoms with Gasteiger partial charge in [-0.05, 0) is 0 Å². The molecular formula is C4H4O7S4. The second-order valence-electron chi connectivity index (χ2n) is 2.10. The zero-order chi connectivity index (χ0) is 11.7. The Morgan fingerprint density at radius 3 is 1.67 bits per heavy atom. The van der Waals surface area contributed by atoms with Gasteiger partial charge in [-0.1, -0.05) is 0 Å². The molecule has 1 aromatic rings. The summed E-state index contributed by atoms with van der Waals surface area (Å²) >= 11 is -4.26. The van der Waals surface area contributed by atoms with Crippen molar-refractivity contribution in [1.29, 1.82) is 0 Å². The van der Waals surface area contributed by atoms with Crippen LogP contribution in [-0.2, 0) is 33.2 Å². The standard InChI is InChI=1S/C4H4O7S4/c5-13(6)2-1(12)3(14(7)8)11-4(2)15(9)10/h12H,(H,5,6)(H,7,8)(H,9,10). The smallest absolute Gasteiger partial charge is 0.239 e. The molecule has 0 saturated carbocycles. The van der Waals surface area contributed by atoms with Crippen molar-refractivity contribution >= 4 is 45.9 Å². The molecule has 0 aliphatic carbocycles. The Hall–Kier alpha value is -0.0400. The first-order chi connectivity index (χ1) is 6.86. The Kier molecular flexibility index (Phi) is 4.22. The van der Waals surface area contributed by atoms with Crippen LogP contribution in [0.3, 0.4) is 0 Å². The molecule has 1 rings (SSSR count). The van der Waals surface area contributed by atoms with E-state index in [-0.39, 0.29) is 0 Å². The minimum Gasteiger partial charge on any atom is -0.431 e. The summed E-state index contributed by atoms with van der Waals surface area (Å²) in [6.45, 7) is 0. The number of rotatable bonds is 3. The molecule has 0 saturated heterocycles. The second-order valence-corrected chi connectivity index (χ2v) is 5.19. The lowest BCUT2D eigenvalue weighted by atomic mass is 10.6. The fraction of sp³-hybridized carbons (Fsp3) is 0. The van der Waals surface area contributed by atoms with Crippen LogP contribution in [-0.4, -0.2) is 26.3 Å². The third kappa shape index (κ3) is 2.55. The highest BCUT2D eigenvalue weighted by molar-refractivity contribution is 7.85. The predicted molar refractivity (Wildman–Crippen MR) is 53.1 cm³/mol. The Morgan fingerprint density at radius 1 is 0.933 bits per heavy atom. The number of thiol groups is 1. The minimum absolute atomic E-state index is 0.394.